The highest BCUT2D eigenvalue weighted by Gasteiger charge is 2.46. The van der Waals surface area contributed by atoms with Crippen LogP contribution in [0.5, 0.6) is 23.0 Å². The number of aromatic amines is 1. The highest BCUT2D eigenvalue weighted by Crippen LogP contribution is 2.55. The molecule has 67 heavy (non-hydrogen) atoms. The topological polar surface area (TPSA) is 166 Å². The van der Waals surface area contributed by atoms with E-state index < -0.39 is 29.3 Å². The number of allylic oxidation sites excluding steroid dienone is 8. The fourth-order valence-corrected chi connectivity index (χ4v) is 10.9. The number of fused-ring (bicyclic) bond motifs is 4. The molecular weight excluding hydrogens is 845 g/mol. The summed E-state index contributed by atoms with van der Waals surface area (Å²) in [5.74, 6) is -0.369. The molecule has 0 unspecified atom stereocenters. The third-order valence-electron chi connectivity index (χ3n) is 14.2. The van der Waals surface area contributed by atoms with Crippen LogP contribution in [0.15, 0.2) is 139 Å². The number of phenols is 3. The predicted molar refractivity (Wildman–Crippen MR) is 258 cm³/mol. The van der Waals surface area contributed by atoms with Gasteiger partial charge in [0.1, 0.15) is 29.2 Å². The first-order valence-corrected chi connectivity index (χ1v) is 23.2. The molecule has 4 bridgehead atoms. The number of ketones is 2. The second kappa shape index (κ2) is 18.9. The van der Waals surface area contributed by atoms with Gasteiger partial charge in [0.2, 0.25) is 5.75 Å². The maximum atomic E-state index is 14.6. The highest BCUT2D eigenvalue weighted by molar-refractivity contribution is 5.95. The fraction of sp³-hybridized carbons (Fsp3) is 0.327. The van der Waals surface area contributed by atoms with Crippen LogP contribution in [0.25, 0.3) is 10.8 Å². The van der Waals surface area contributed by atoms with Gasteiger partial charge in [0.05, 0.1) is 18.8 Å². The number of ether oxygens (including phenoxy) is 2. The van der Waals surface area contributed by atoms with Crippen LogP contribution in [0.4, 0.5) is 5.69 Å². The van der Waals surface area contributed by atoms with Crippen LogP contribution in [-0.2, 0) is 25.5 Å². The van der Waals surface area contributed by atoms with E-state index >= 15 is 0 Å². The number of benzene rings is 3. The molecule has 9 rings (SSSR count). The summed E-state index contributed by atoms with van der Waals surface area (Å²) in [6.45, 7) is 3.88. The Bertz CT molecular complexity index is 2860. The number of hydrogen-bond acceptors (Lipinski definition) is 10. The molecule has 0 saturated carbocycles. The number of esters is 1. The number of aromatic nitrogens is 2. The largest absolute Gasteiger partial charge is 0.508 e. The van der Waals surface area contributed by atoms with Crippen molar-refractivity contribution in [3.05, 3.63) is 162 Å². The van der Waals surface area contributed by atoms with E-state index in [1.54, 1.807) is 19.1 Å². The van der Waals surface area contributed by atoms with Crippen LogP contribution in [0.1, 0.15) is 92.5 Å². The molecule has 12 heteroatoms. The van der Waals surface area contributed by atoms with E-state index in [0.29, 0.717) is 37.9 Å². The lowest BCUT2D eigenvalue weighted by molar-refractivity contribution is -0.148. The van der Waals surface area contributed by atoms with Crippen molar-refractivity contribution >= 4 is 34.0 Å². The van der Waals surface area contributed by atoms with Crippen LogP contribution < -0.4 is 15.0 Å². The van der Waals surface area contributed by atoms with Crippen LogP contribution in [0.2, 0.25) is 0 Å². The number of carbonyl (C=O) groups is 3. The Hall–Kier alpha value is -7.21. The third-order valence-corrected chi connectivity index (χ3v) is 14.2. The lowest BCUT2D eigenvalue weighted by atomic mass is 9.57. The molecule has 12 nitrogen and oxygen atoms in total. The van der Waals surface area contributed by atoms with Gasteiger partial charge in [-0.2, -0.15) is 0 Å². The van der Waals surface area contributed by atoms with Crippen molar-refractivity contribution in [3.8, 4) is 23.0 Å². The monoisotopic (exact) mass is 902 g/mol. The minimum atomic E-state index is -0.708. The van der Waals surface area contributed by atoms with E-state index in [4.69, 9.17) is 9.47 Å². The van der Waals surface area contributed by atoms with E-state index in [0.717, 1.165) is 51.0 Å². The summed E-state index contributed by atoms with van der Waals surface area (Å²) in [7, 11) is 1.40. The van der Waals surface area contributed by atoms with E-state index in [1.807, 2.05) is 47.3 Å². The van der Waals surface area contributed by atoms with Gasteiger partial charge in [0, 0.05) is 92.1 Å². The maximum absolute atomic E-state index is 14.6. The number of methoxy groups -OCH3 is 1. The number of H-pyrrole nitrogens is 1. The molecule has 4 aliphatic rings. The molecule has 0 fully saturated rings. The van der Waals surface area contributed by atoms with Crippen molar-refractivity contribution in [2.24, 2.45) is 11.3 Å². The van der Waals surface area contributed by atoms with Gasteiger partial charge in [-0.3, -0.25) is 14.4 Å². The Labute approximate surface area is 390 Å². The van der Waals surface area contributed by atoms with Crippen LogP contribution in [-0.4, -0.2) is 68.7 Å². The summed E-state index contributed by atoms with van der Waals surface area (Å²) < 4.78 is 13.4. The zero-order valence-corrected chi connectivity index (χ0v) is 38.2. The maximum Gasteiger partial charge on any atom is 0.302 e. The van der Waals surface area contributed by atoms with Crippen molar-refractivity contribution in [1.82, 2.24) is 14.9 Å². The average Bonchev–Trinajstić information content (AvgIpc) is 3.97. The van der Waals surface area contributed by atoms with Gasteiger partial charge in [-0.15, -0.1) is 0 Å². The number of phenolic OH excluding ortho intramolecular Hbond substituents is 3. The molecule has 0 radical (unpaired) electrons. The van der Waals surface area contributed by atoms with Gasteiger partial charge >= 0.3 is 5.97 Å². The molecular formula is C55H58N4O8. The smallest absolute Gasteiger partial charge is 0.302 e. The van der Waals surface area contributed by atoms with Gasteiger partial charge in [-0.1, -0.05) is 66.8 Å². The summed E-state index contributed by atoms with van der Waals surface area (Å²) in [4.78, 5) is 45.8. The summed E-state index contributed by atoms with van der Waals surface area (Å²) >= 11 is 0. The van der Waals surface area contributed by atoms with Gasteiger partial charge in [-0.05, 0) is 103 Å². The molecule has 1 spiro atoms. The van der Waals surface area contributed by atoms with E-state index in [2.05, 4.69) is 82.3 Å². The van der Waals surface area contributed by atoms with Gasteiger partial charge in [0.25, 0.3) is 0 Å². The molecule has 2 aliphatic heterocycles. The minimum Gasteiger partial charge on any atom is -0.508 e. The lowest BCUT2D eigenvalue weighted by Gasteiger charge is -2.47. The SMILES string of the molecule is COc1cc([C@@H]2CC(=O)C[C@H](OC(C)=O)CC[C@]34C=CC=C[C@@H]3CC=C[C@@H]4c3c[nH]cc3C[C@@H](c3cccc(O)c3)C3=CCNC(=C3)N(CCC(C)=O)c3cccc4cn2cc34)cc(O)c1O. The fourth-order valence-electron chi connectivity index (χ4n) is 10.9. The predicted octanol–water partition coefficient (Wildman–Crippen LogP) is 9.71. The first kappa shape index (κ1) is 45.0. The molecule has 4 heterocycles. The summed E-state index contributed by atoms with van der Waals surface area (Å²) in [6.07, 6.45) is 27.9. The lowest BCUT2D eigenvalue weighted by Crippen LogP contribution is -2.38. The van der Waals surface area contributed by atoms with E-state index in [-0.39, 0.29) is 65.8 Å². The first-order chi connectivity index (χ1) is 32.4. The van der Waals surface area contributed by atoms with Crippen molar-refractivity contribution in [2.45, 2.75) is 82.8 Å². The van der Waals surface area contributed by atoms with Gasteiger partial charge in [0.15, 0.2) is 11.5 Å². The number of nitrogens with one attached hydrogen (secondary N) is 2. The first-order valence-electron chi connectivity index (χ1n) is 23.2. The molecule has 5 aromatic rings. The van der Waals surface area contributed by atoms with Crippen molar-refractivity contribution < 1.29 is 39.2 Å². The minimum absolute atomic E-state index is 0.0265. The second-order valence-corrected chi connectivity index (χ2v) is 18.4. The Balaban J connectivity index is 1.24. The third kappa shape index (κ3) is 9.17. The molecule has 2 aliphatic carbocycles. The number of hydrogen-bond donors (Lipinski definition) is 5. The quantitative estimate of drug-likeness (QED) is 0.0603. The number of carbonyl (C=O) groups excluding carboxylic acids is 3. The standard InChI is InChI=1S/C55H58N4O8/c1-34(60)18-22-59-49-15-7-10-38-32-58(33-47(38)49)50(39-25-51(64)54(65)52(26-39)66-3)29-43(63)28-44(67-35(2)61)16-20-55-19-5-4-11-41(55)12-8-14-48(55)46-31-56-30-40(46)24-45(36-9-6-13-42(62)23-36)37-17-21-57-53(59)27-37/h4-11,13-15,17,19,23,25-27,30-33,41,44-45,48,50,56-57,62,64-65H,12,16,18,20-22,24,28-29H2,1-3H3/t41-,44-,45+,48-,50+,55-/m1/s1. The zero-order chi connectivity index (χ0) is 46.8. The van der Waals surface area contributed by atoms with Crippen LogP contribution in [0.3, 0.4) is 0 Å². The van der Waals surface area contributed by atoms with Gasteiger partial charge in [-0.25, -0.2) is 0 Å². The van der Waals surface area contributed by atoms with Crippen molar-refractivity contribution in [3.63, 3.8) is 0 Å². The number of dihydropyridines is 1. The molecule has 3 aromatic carbocycles. The Kier molecular flexibility index (Phi) is 12.7. The molecule has 5 N–H and O–H groups in total. The van der Waals surface area contributed by atoms with Crippen molar-refractivity contribution in [1.29, 1.82) is 0 Å². The number of Topliss-reactive ketones (excluding diaryl/α,β-unsaturated/α-hetero) is 2. The van der Waals surface area contributed by atoms with Crippen LogP contribution >= 0.6 is 0 Å². The average molecular weight is 903 g/mol. The van der Waals surface area contributed by atoms with Gasteiger partial charge < -0.3 is 44.6 Å². The highest BCUT2D eigenvalue weighted by atomic mass is 16.5. The molecule has 346 valence electrons. The Morgan fingerprint density at radius 2 is 1.79 bits per heavy atom. The Morgan fingerprint density at radius 3 is 2.60 bits per heavy atom. The summed E-state index contributed by atoms with van der Waals surface area (Å²) in [6, 6.07) is 15.9. The molecule has 2 aromatic heterocycles. The number of anilines is 1. The van der Waals surface area contributed by atoms with Crippen LogP contribution in [0, 0.1) is 11.3 Å². The summed E-state index contributed by atoms with van der Waals surface area (Å²) in [5, 5.41) is 37.9. The zero-order valence-electron chi connectivity index (χ0n) is 38.2. The summed E-state index contributed by atoms with van der Waals surface area (Å²) in [5.41, 5.74) is 5.30. The molecule has 0 saturated heterocycles. The van der Waals surface area contributed by atoms with E-state index in [9.17, 15) is 29.7 Å². The normalized spacial score (nSPS) is 24.1. The number of rotatable bonds is 7. The Morgan fingerprint density at radius 1 is 0.940 bits per heavy atom. The molecule has 0 amide bonds. The molecule has 6 atom stereocenters. The van der Waals surface area contributed by atoms with E-state index in [1.165, 1.54) is 20.1 Å². The number of nitrogens with zero attached hydrogens (tertiary/aromatic N) is 2. The second-order valence-electron chi connectivity index (χ2n) is 18.4. The number of aromatic hydroxyl groups is 3. The van der Waals surface area contributed by atoms with Crippen molar-refractivity contribution in [2.75, 3.05) is 25.1 Å².